The second kappa shape index (κ2) is 9.67. The van der Waals surface area contributed by atoms with Gasteiger partial charge in [0.2, 0.25) is 5.91 Å². The molecule has 2 unspecified atom stereocenters. The molecule has 0 saturated carbocycles. The van der Waals surface area contributed by atoms with Gasteiger partial charge in [-0.15, -0.1) is 0 Å². The summed E-state index contributed by atoms with van der Waals surface area (Å²) >= 11 is 0. The number of hydrogen-bond acceptors (Lipinski definition) is 3. The zero-order chi connectivity index (χ0) is 17.4. The first-order valence-corrected chi connectivity index (χ1v) is 9.28. The summed E-state index contributed by atoms with van der Waals surface area (Å²) < 4.78 is 5.65. The van der Waals surface area contributed by atoms with Crippen molar-refractivity contribution in [2.45, 2.75) is 65.0 Å². The number of amides is 1. The summed E-state index contributed by atoms with van der Waals surface area (Å²) in [5, 5.41) is 6.48. The highest BCUT2D eigenvalue weighted by atomic mass is 16.5. The topological polar surface area (TPSA) is 50.4 Å². The van der Waals surface area contributed by atoms with E-state index in [-0.39, 0.29) is 18.1 Å². The van der Waals surface area contributed by atoms with E-state index in [4.69, 9.17) is 4.74 Å². The molecule has 0 bridgehead atoms. The minimum atomic E-state index is 0.190. The molecule has 1 amide bonds. The molecule has 1 saturated heterocycles. The van der Waals surface area contributed by atoms with E-state index in [1.54, 1.807) is 0 Å². The molecule has 0 aromatic heterocycles. The van der Waals surface area contributed by atoms with E-state index in [1.807, 2.05) is 26.0 Å². The van der Waals surface area contributed by atoms with Gasteiger partial charge in [-0.2, -0.15) is 0 Å². The second-order valence-electron chi connectivity index (χ2n) is 7.22. The first-order chi connectivity index (χ1) is 11.5. The quantitative estimate of drug-likeness (QED) is 0.729. The van der Waals surface area contributed by atoms with Crippen LogP contribution in [0, 0.1) is 5.92 Å². The maximum Gasteiger partial charge on any atom is 0.220 e. The summed E-state index contributed by atoms with van der Waals surface area (Å²) in [7, 11) is 0. The van der Waals surface area contributed by atoms with E-state index >= 15 is 0 Å². The lowest BCUT2D eigenvalue weighted by Crippen LogP contribution is -2.33. The number of aryl methyl sites for hydroxylation is 1. The zero-order valence-corrected chi connectivity index (χ0v) is 15.3. The van der Waals surface area contributed by atoms with E-state index in [1.165, 1.54) is 12.0 Å². The number of benzene rings is 1. The van der Waals surface area contributed by atoms with Crippen LogP contribution in [0.15, 0.2) is 24.3 Å². The van der Waals surface area contributed by atoms with E-state index in [0.717, 1.165) is 38.1 Å². The van der Waals surface area contributed by atoms with Crippen molar-refractivity contribution in [1.29, 1.82) is 0 Å². The fourth-order valence-corrected chi connectivity index (χ4v) is 3.11. The molecular weight excluding hydrogens is 300 g/mol. The van der Waals surface area contributed by atoms with Crippen molar-refractivity contribution in [1.82, 2.24) is 10.6 Å². The molecule has 0 aliphatic carbocycles. The van der Waals surface area contributed by atoms with Gasteiger partial charge in [-0.1, -0.05) is 12.1 Å². The van der Waals surface area contributed by atoms with Crippen LogP contribution in [0.2, 0.25) is 0 Å². The minimum absolute atomic E-state index is 0.190. The Morgan fingerprint density at radius 1 is 1.29 bits per heavy atom. The lowest BCUT2D eigenvalue weighted by molar-refractivity contribution is -0.122. The Kier molecular flexibility index (Phi) is 7.57. The Bertz CT molecular complexity index is 493. The van der Waals surface area contributed by atoms with Gasteiger partial charge < -0.3 is 15.4 Å². The Hall–Kier alpha value is -1.55. The van der Waals surface area contributed by atoms with Crippen molar-refractivity contribution in [2.75, 3.05) is 13.1 Å². The average Bonchev–Trinajstić information content (AvgIpc) is 3.05. The third-order valence-electron chi connectivity index (χ3n) is 4.51. The molecule has 2 atom stereocenters. The molecule has 2 rings (SSSR count). The molecule has 0 spiro atoms. The summed E-state index contributed by atoms with van der Waals surface area (Å²) in [5.74, 6) is 1.78. The van der Waals surface area contributed by atoms with Crippen LogP contribution in [0.25, 0.3) is 0 Å². The number of carbonyl (C=O) groups excluding carboxylic acids is 1. The van der Waals surface area contributed by atoms with Crippen LogP contribution in [0.1, 0.15) is 52.0 Å². The normalized spacial score (nSPS) is 18.6. The van der Waals surface area contributed by atoms with Crippen molar-refractivity contribution < 1.29 is 9.53 Å². The van der Waals surface area contributed by atoms with Crippen molar-refractivity contribution in [3.63, 3.8) is 0 Å². The highest BCUT2D eigenvalue weighted by molar-refractivity contribution is 5.76. The summed E-state index contributed by atoms with van der Waals surface area (Å²) in [5.41, 5.74) is 1.28. The maximum atomic E-state index is 12.0. The van der Waals surface area contributed by atoms with E-state index < -0.39 is 0 Å². The largest absolute Gasteiger partial charge is 0.491 e. The lowest BCUT2D eigenvalue weighted by Gasteiger charge is -2.15. The highest BCUT2D eigenvalue weighted by Gasteiger charge is 2.16. The first-order valence-electron chi connectivity index (χ1n) is 9.28. The second-order valence-corrected chi connectivity index (χ2v) is 7.22. The van der Waals surface area contributed by atoms with Crippen LogP contribution < -0.4 is 15.4 Å². The van der Waals surface area contributed by atoms with Crippen LogP contribution in [-0.2, 0) is 11.2 Å². The Morgan fingerprint density at radius 3 is 2.67 bits per heavy atom. The molecule has 0 radical (unpaired) electrons. The SMILES string of the molecule is CC(CCc1ccc(OC(C)C)cc1)NC(=O)CCC1CCNC1. The predicted molar refractivity (Wildman–Crippen MR) is 98.3 cm³/mol. The molecular formula is C20H32N2O2. The van der Waals surface area contributed by atoms with Gasteiger partial charge in [0.05, 0.1) is 6.10 Å². The summed E-state index contributed by atoms with van der Waals surface area (Å²) in [4.78, 5) is 12.0. The molecule has 24 heavy (non-hydrogen) atoms. The average molecular weight is 332 g/mol. The number of hydrogen-bond donors (Lipinski definition) is 2. The van der Waals surface area contributed by atoms with Gasteiger partial charge in [0, 0.05) is 12.5 Å². The summed E-state index contributed by atoms with van der Waals surface area (Å²) in [6.45, 7) is 8.32. The Labute approximate surface area is 146 Å². The van der Waals surface area contributed by atoms with E-state index in [2.05, 4.69) is 29.7 Å². The number of rotatable bonds is 9. The van der Waals surface area contributed by atoms with E-state index in [0.29, 0.717) is 12.3 Å². The van der Waals surface area contributed by atoms with Crippen molar-refractivity contribution in [3.8, 4) is 5.75 Å². The molecule has 2 N–H and O–H groups in total. The van der Waals surface area contributed by atoms with Gasteiger partial charge in [0.15, 0.2) is 0 Å². The predicted octanol–water partition coefficient (Wildman–Crippen LogP) is 3.30. The number of ether oxygens (including phenoxy) is 1. The molecule has 134 valence electrons. The minimum Gasteiger partial charge on any atom is -0.491 e. The van der Waals surface area contributed by atoms with Gasteiger partial charge >= 0.3 is 0 Å². The van der Waals surface area contributed by atoms with Gasteiger partial charge in [-0.3, -0.25) is 4.79 Å². The third-order valence-corrected chi connectivity index (χ3v) is 4.51. The number of carbonyl (C=O) groups is 1. The molecule has 1 fully saturated rings. The van der Waals surface area contributed by atoms with Crippen molar-refractivity contribution in [3.05, 3.63) is 29.8 Å². The monoisotopic (exact) mass is 332 g/mol. The molecule has 1 aromatic carbocycles. The van der Waals surface area contributed by atoms with Crippen LogP contribution in [0.5, 0.6) is 5.75 Å². The number of nitrogens with one attached hydrogen (secondary N) is 2. The first kappa shape index (κ1) is 18.8. The highest BCUT2D eigenvalue weighted by Crippen LogP contribution is 2.16. The molecule has 1 heterocycles. The van der Waals surface area contributed by atoms with Crippen LogP contribution in [0.3, 0.4) is 0 Å². The van der Waals surface area contributed by atoms with Crippen LogP contribution in [-0.4, -0.2) is 31.1 Å². The fourth-order valence-electron chi connectivity index (χ4n) is 3.11. The van der Waals surface area contributed by atoms with Crippen molar-refractivity contribution >= 4 is 5.91 Å². The fraction of sp³-hybridized carbons (Fsp3) is 0.650. The Balaban J connectivity index is 1.64. The maximum absolute atomic E-state index is 12.0. The van der Waals surface area contributed by atoms with Crippen LogP contribution in [0.4, 0.5) is 0 Å². The van der Waals surface area contributed by atoms with Gasteiger partial charge in [0.25, 0.3) is 0 Å². The summed E-state index contributed by atoms with van der Waals surface area (Å²) in [6.07, 6.45) is 4.99. The lowest BCUT2D eigenvalue weighted by atomic mass is 10.0. The third kappa shape index (κ3) is 6.91. The zero-order valence-electron chi connectivity index (χ0n) is 15.3. The van der Waals surface area contributed by atoms with Gasteiger partial charge in [-0.05, 0) is 83.2 Å². The Morgan fingerprint density at radius 2 is 2.04 bits per heavy atom. The standard InChI is InChI=1S/C20H32N2O2/c1-15(2)24-19-9-6-17(7-10-19)5-4-16(3)22-20(23)11-8-18-12-13-21-14-18/h6-7,9-10,15-16,18,21H,4-5,8,11-14H2,1-3H3,(H,22,23). The molecule has 1 aliphatic heterocycles. The molecule has 4 heteroatoms. The summed E-state index contributed by atoms with van der Waals surface area (Å²) in [6, 6.07) is 8.48. The van der Waals surface area contributed by atoms with Crippen LogP contribution >= 0.6 is 0 Å². The van der Waals surface area contributed by atoms with Gasteiger partial charge in [0.1, 0.15) is 5.75 Å². The molecule has 1 aliphatic rings. The van der Waals surface area contributed by atoms with Gasteiger partial charge in [-0.25, -0.2) is 0 Å². The molecule has 1 aromatic rings. The van der Waals surface area contributed by atoms with E-state index in [9.17, 15) is 4.79 Å². The van der Waals surface area contributed by atoms with Crippen molar-refractivity contribution in [2.24, 2.45) is 5.92 Å². The smallest absolute Gasteiger partial charge is 0.220 e. The molecule has 4 nitrogen and oxygen atoms in total.